The van der Waals surface area contributed by atoms with Crippen LogP contribution < -0.4 is 16.0 Å². The van der Waals surface area contributed by atoms with Crippen LogP contribution in [0.15, 0.2) is 60.7 Å². The maximum absolute atomic E-state index is 12.3. The summed E-state index contributed by atoms with van der Waals surface area (Å²) in [4.78, 5) is 24.1. The van der Waals surface area contributed by atoms with E-state index >= 15 is 0 Å². The zero-order chi connectivity index (χ0) is 19.9. The summed E-state index contributed by atoms with van der Waals surface area (Å²) >= 11 is 0. The molecule has 0 atom stereocenters. The van der Waals surface area contributed by atoms with E-state index in [9.17, 15) is 9.59 Å². The fraction of sp³-hybridized carbons (Fsp3) is 0.190. The molecule has 7 heteroatoms. The molecule has 2 aromatic carbocycles. The van der Waals surface area contributed by atoms with Gasteiger partial charge in [-0.1, -0.05) is 48.5 Å². The number of hydrogen-bond donors (Lipinski definition) is 3. The van der Waals surface area contributed by atoms with Crippen molar-refractivity contribution < 1.29 is 9.59 Å². The van der Waals surface area contributed by atoms with Gasteiger partial charge in [-0.2, -0.15) is 5.10 Å². The number of rotatable bonds is 6. The molecule has 3 amide bonds. The van der Waals surface area contributed by atoms with Gasteiger partial charge >= 0.3 is 6.03 Å². The third-order valence-corrected chi connectivity index (χ3v) is 4.26. The van der Waals surface area contributed by atoms with Crippen molar-refractivity contribution in [2.24, 2.45) is 0 Å². The number of carbonyl (C=O) groups excluding carboxylic acids is 2. The zero-order valence-corrected chi connectivity index (χ0v) is 15.9. The van der Waals surface area contributed by atoms with Crippen molar-refractivity contribution in [3.8, 4) is 5.69 Å². The van der Waals surface area contributed by atoms with E-state index in [2.05, 4.69) is 21.0 Å². The first-order chi connectivity index (χ1) is 13.5. The van der Waals surface area contributed by atoms with Crippen molar-refractivity contribution in [2.45, 2.75) is 20.4 Å². The SMILES string of the molecule is Cc1nn(-c2ccccc2)c(C)c1NC(=O)CNC(=O)NCc1ccccc1. The van der Waals surface area contributed by atoms with Crippen LogP contribution in [0.3, 0.4) is 0 Å². The molecule has 0 aliphatic rings. The molecule has 7 nitrogen and oxygen atoms in total. The van der Waals surface area contributed by atoms with Crippen molar-refractivity contribution >= 4 is 17.6 Å². The highest BCUT2D eigenvalue weighted by Gasteiger charge is 2.15. The van der Waals surface area contributed by atoms with Crippen molar-refractivity contribution in [1.29, 1.82) is 0 Å². The molecule has 1 aromatic heterocycles. The van der Waals surface area contributed by atoms with Crippen molar-refractivity contribution in [3.63, 3.8) is 0 Å². The van der Waals surface area contributed by atoms with Gasteiger partial charge in [0.25, 0.3) is 0 Å². The molecule has 144 valence electrons. The number of nitrogens with one attached hydrogen (secondary N) is 3. The van der Waals surface area contributed by atoms with Crippen LogP contribution in [0, 0.1) is 13.8 Å². The number of carbonyl (C=O) groups is 2. The Morgan fingerprint density at radius 1 is 0.929 bits per heavy atom. The molecule has 0 aliphatic heterocycles. The topological polar surface area (TPSA) is 88.1 Å². The van der Waals surface area contributed by atoms with Gasteiger partial charge in [0.2, 0.25) is 5.91 Å². The summed E-state index contributed by atoms with van der Waals surface area (Å²) in [5.41, 5.74) is 4.10. The number of benzene rings is 2. The summed E-state index contributed by atoms with van der Waals surface area (Å²) < 4.78 is 1.78. The first-order valence-electron chi connectivity index (χ1n) is 9.01. The molecule has 0 aliphatic carbocycles. The number of aromatic nitrogens is 2. The van der Waals surface area contributed by atoms with Crippen LogP contribution in [-0.4, -0.2) is 28.3 Å². The minimum atomic E-state index is -0.396. The van der Waals surface area contributed by atoms with Gasteiger partial charge in [-0.25, -0.2) is 9.48 Å². The normalized spacial score (nSPS) is 10.4. The van der Waals surface area contributed by atoms with Gasteiger partial charge in [-0.05, 0) is 31.5 Å². The lowest BCUT2D eigenvalue weighted by molar-refractivity contribution is -0.115. The van der Waals surface area contributed by atoms with E-state index in [0.29, 0.717) is 17.9 Å². The standard InChI is InChI=1S/C21H23N5O2/c1-15-20(16(2)26(25-15)18-11-7-4-8-12-18)24-19(27)14-23-21(28)22-13-17-9-5-3-6-10-17/h3-12H,13-14H2,1-2H3,(H,24,27)(H2,22,23,28). The third-order valence-electron chi connectivity index (χ3n) is 4.26. The molecule has 0 saturated heterocycles. The van der Waals surface area contributed by atoms with Crippen LogP contribution in [-0.2, 0) is 11.3 Å². The summed E-state index contributed by atoms with van der Waals surface area (Å²) in [7, 11) is 0. The molecule has 1 heterocycles. The fourth-order valence-corrected chi connectivity index (χ4v) is 2.83. The Morgan fingerprint density at radius 2 is 1.57 bits per heavy atom. The van der Waals surface area contributed by atoms with Crippen LogP contribution in [0.4, 0.5) is 10.5 Å². The number of amides is 3. The largest absolute Gasteiger partial charge is 0.334 e. The van der Waals surface area contributed by atoms with Gasteiger partial charge in [0.15, 0.2) is 0 Å². The zero-order valence-electron chi connectivity index (χ0n) is 15.9. The molecular formula is C21H23N5O2. The van der Waals surface area contributed by atoms with Crippen LogP contribution in [0.1, 0.15) is 17.0 Å². The van der Waals surface area contributed by atoms with Crippen molar-refractivity contribution in [2.75, 3.05) is 11.9 Å². The third kappa shape index (κ3) is 4.76. The Hall–Kier alpha value is -3.61. The van der Waals surface area contributed by atoms with Crippen LogP contribution in [0.25, 0.3) is 5.69 Å². The molecule has 3 rings (SSSR count). The Bertz CT molecular complexity index is 952. The molecule has 0 spiro atoms. The summed E-state index contributed by atoms with van der Waals surface area (Å²) in [5.74, 6) is -0.311. The summed E-state index contributed by atoms with van der Waals surface area (Å²) in [6.07, 6.45) is 0. The predicted octanol–water partition coefficient (Wildman–Crippen LogP) is 2.93. The lowest BCUT2D eigenvalue weighted by atomic mass is 10.2. The number of para-hydroxylation sites is 1. The average molecular weight is 377 g/mol. The van der Waals surface area contributed by atoms with E-state index in [1.807, 2.05) is 74.5 Å². The monoisotopic (exact) mass is 377 g/mol. The lowest BCUT2D eigenvalue weighted by Crippen LogP contribution is -2.39. The van der Waals surface area contributed by atoms with E-state index < -0.39 is 6.03 Å². The molecule has 28 heavy (non-hydrogen) atoms. The van der Waals surface area contributed by atoms with Gasteiger partial charge in [-0.3, -0.25) is 4.79 Å². The van der Waals surface area contributed by atoms with Gasteiger partial charge < -0.3 is 16.0 Å². The maximum atomic E-state index is 12.3. The van der Waals surface area contributed by atoms with Crippen molar-refractivity contribution in [3.05, 3.63) is 77.6 Å². The van der Waals surface area contributed by atoms with Gasteiger partial charge in [-0.15, -0.1) is 0 Å². The van der Waals surface area contributed by atoms with Gasteiger partial charge in [0, 0.05) is 6.54 Å². The minimum Gasteiger partial charge on any atom is -0.334 e. The Kier molecular flexibility index (Phi) is 6.06. The Balaban J connectivity index is 1.54. The highest BCUT2D eigenvalue weighted by Crippen LogP contribution is 2.22. The molecule has 3 N–H and O–H groups in total. The quantitative estimate of drug-likeness (QED) is 0.617. The Morgan fingerprint density at radius 3 is 2.25 bits per heavy atom. The maximum Gasteiger partial charge on any atom is 0.315 e. The number of aryl methyl sites for hydroxylation is 1. The lowest BCUT2D eigenvalue weighted by Gasteiger charge is -2.09. The van der Waals surface area contributed by atoms with E-state index in [1.165, 1.54) is 0 Å². The minimum absolute atomic E-state index is 0.129. The molecule has 0 radical (unpaired) electrons. The summed E-state index contributed by atoms with van der Waals surface area (Å²) in [5, 5.41) is 12.6. The van der Waals surface area contributed by atoms with E-state index in [1.54, 1.807) is 4.68 Å². The smallest absolute Gasteiger partial charge is 0.315 e. The average Bonchev–Trinajstić information content (AvgIpc) is 3.00. The molecule has 0 saturated carbocycles. The Labute approximate surface area is 163 Å². The van der Waals surface area contributed by atoms with Crippen LogP contribution >= 0.6 is 0 Å². The number of anilines is 1. The predicted molar refractivity (Wildman–Crippen MR) is 108 cm³/mol. The van der Waals surface area contributed by atoms with Gasteiger partial charge in [0.1, 0.15) is 0 Å². The van der Waals surface area contributed by atoms with E-state index in [-0.39, 0.29) is 12.5 Å². The number of nitrogens with zero attached hydrogens (tertiary/aromatic N) is 2. The fourth-order valence-electron chi connectivity index (χ4n) is 2.83. The van der Waals surface area contributed by atoms with E-state index in [0.717, 1.165) is 16.9 Å². The highest BCUT2D eigenvalue weighted by atomic mass is 16.2. The molecule has 0 unspecified atom stereocenters. The number of urea groups is 1. The molecule has 0 fully saturated rings. The summed E-state index contributed by atoms with van der Waals surface area (Å²) in [6.45, 7) is 4.00. The second-order valence-corrected chi connectivity index (χ2v) is 6.36. The van der Waals surface area contributed by atoms with Crippen LogP contribution in [0.5, 0.6) is 0 Å². The molecule has 3 aromatic rings. The second kappa shape index (κ2) is 8.85. The summed E-state index contributed by atoms with van der Waals surface area (Å²) in [6, 6.07) is 18.9. The first kappa shape index (κ1) is 19.2. The highest BCUT2D eigenvalue weighted by molar-refractivity contribution is 5.95. The molecular weight excluding hydrogens is 354 g/mol. The second-order valence-electron chi connectivity index (χ2n) is 6.36. The van der Waals surface area contributed by atoms with Gasteiger partial charge in [0.05, 0.1) is 29.3 Å². The number of hydrogen-bond acceptors (Lipinski definition) is 3. The molecule has 0 bridgehead atoms. The first-order valence-corrected chi connectivity index (χ1v) is 9.01. The van der Waals surface area contributed by atoms with Crippen molar-refractivity contribution in [1.82, 2.24) is 20.4 Å². The van der Waals surface area contributed by atoms with Crippen LogP contribution in [0.2, 0.25) is 0 Å². The van der Waals surface area contributed by atoms with E-state index in [4.69, 9.17) is 0 Å².